The van der Waals surface area contributed by atoms with Crippen LogP contribution in [0.25, 0.3) is 0 Å². The Bertz CT molecular complexity index is 637. The average molecular weight is 298 g/mol. The summed E-state index contributed by atoms with van der Waals surface area (Å²) in [4.78, 5) is 18.6. The fraction of sp³-hybridized carbons (Fsp3) is 0.235. The van der Waals surface area contributed by atoms with Gasteiger partial charge in [0.15, 0.2) is 6.54 Å². The van der Waals surface area contributed by atoms with Crippen LogP contribution in [-0.4, -0.2) is 28.4 Å². The Hall–Kier alpha value is -2.69. The highest BCUT2D eigenvalue weighted by Crippen LogP contribution is 2.00. The lowest BCUT2D eigenvalue weighted by atomic mass is 10.1. The molecule has 0 aliphatic heterocycles. The van der Waals surface area contributed by atoms with Gasteiger partial charge in [-0.2, -0.15) is 0 Å². The Balaban J connectivity index is 1.78. The maximum atomic E-state index is 11.7. The molecule has 5 nitrogen and oxygen atoms in total. The number of carbonyl (C=O) groups is 1. The van der Waals surface area contributed by atoms with Crippen molar-refractivity contribution in [2.45, 2.75) is 19.9 Å². The summed E-state index contributed by atoms with van der Waals surface area (Å²) in [6, 6.07) is 13.5. The molecule has 0 saturated carbocycles. The number of carbonyl (C=O) groups excluding carboxylic acids is 1. The number of rotatable bonds is 5. The van der Waals surface area contributed by atoms with Gasteiger partial charge in [0.25, 0.3) is 0 Å². The molecule has 0 atom stereocenters. The van der Waals surface area contributed by atoms with Crippen molar-refractivity contribution in [1.82, 2.24) is 10.3 Å². The summed E-state index contributed by atoms with van der Waals surface area (Å²) in [5.41, 5.74) is 3.07. The summed E-state index contributed by atoms with van der Waals surface area (Å²) < 4.78 is 0. The highest BCUT2D eigenvalue weighted by molar-refractivity contribution is 6.31. The zero-order chi connectivity index (χ0) is 15.8. The molecule has 0 saturated heterocycles. The minimum atomic E-state index is -0.511. The highest BCUT2D eigenvalue weighted by Gasteiger charge is 2.14. The summed E-state index contributed by atoms with van der Waals surface area (Å²) in [5, 5.41) is 12.4. The van der Waals surface area contributed by atoms with Gasteiger partial charge in [-0.05, 0) is 19.1 Å². The van der Waals surface area contributed by atoms with Crippen LogP contribution in [0.1, 0.15) is 16.8 Å². The maximum absolute atomic E-state index is 11.7. The number of nitrogens with zero attached hydrogens (tertiary/aromatic N) is 1. The van der Waals surface area contributed by atoms with Crippen molar-refractivity contribution in [2.75, 3.05) is 6.54 Å². The van der Waals surface area contributed by atoms with Gasteiger partial charge < -0.3 is 10.4 Å². The van der Waals surface area contributed by atoms with Crippen LogP contribution < -0.4 is 10.3 Å². The number of aromatic nitrogens is 1. The molecule has 0 aliphatic rings. The van der Waals surface area contributed by atoms with Gasteiger partial charge >= 0.3 is 11.8 Å². The van der Waals surface area contributed by atoms with E-state index in [1.807, 2.05) is 49.4 Å². The fourth-order valence-electron chi connectivity index (χ4n) is 1.91. The van der Waals surface area contributed by atoms with Gasteiger partial charge in [0, 0.05) is 30.4 Å². The van der Waals surface area contributed by atoms with Crippen molar-refractivity contribution in [2.24, 2.45) is 0 Å². The maximum Gasteiger partial charge on any atom is 0.425 e. The van der Waals surface area contributed by atoms with Gasteiger partial charge in [-0.25, -0.2) is 4.99 Å². The number of aliphatic hydroxyl groups is 1. The summed E-state index contributed by atoms with van der Waals surface area (Å²) >= 11 is 0. The summed E-state index contributed by atoms with van der Waals surface area (Å²) in [6.07, 6.45) is 2.34. The lowest BCUT2D eigenvalue weighted by molar-refractivity contribution is -0.482. The molecule has 2 rings (SSSR count). The van der Waals surface area contributed by atoms with Crippen molar-refractivity contribution in [3.63, 3.8) is 0 Å². The molecule has 0 radical (unpaired) electrons. The smallest absolute Gasteiger partial charge is 0.425 e. The number of benzene rings is 1. The molecule has 0 spiro atoms. The minimum Gasteiger partial charge on any atom is -0.456 e. The van der Waals surface area contributed by atoms with Gasteiger partial charge in [0.05, 0.1) is 0 Å². The van der Waals surface area contributed by atoms with Crippen LogP contribution in [0.3, 0.4) is 0 Å². The number of hydrogen-bond acceptors (Lipinski definition) is 2. The SMILES string of the molecule is Cc1ccc(C[NH+]=C(O)C(=O)NCCc2ccccn2)cc1. The van der Waals surface area contributed by atoms with E-state index >= 15 is 0 Å². The monoisotopic (exact) mass is 298 g/mol. The second kappa shape index (κ2) is 7.93. The first-order valence-electron chi connectivity index (χ1n) is 7.18. The predicted molar refractivity (Wildman–Crippen MR) is 84.4 cm³/mol. The van der Waals surface area contributed by atoms with Crippen LogP contribution >= 0.6 is 0 Å². The van der Waals surface area contributed by atoms with E-state index in [4.69, 9.17) is 0 Å². The van der Waals surface area contributed by atoms with E-state index in [0.717, 1.165) is 11.3 Å². The number of aryl methyl sites for hydroxylation is 1. The molecule has 0 unspecified atom stereocenters. The summed E-state index contributed by atoms with van der Waals surface area (Å²) in [6.45, 7) is 2.84. The van der Waals surface area contributed by atoms with E-state index in [-0.39, 0.29) is 5.90 Å². The second-order valence-corrected chi connectivity index (χ2v) is 5.01. The topological polar surface area (TPSA) is 76.2 Å². The number of amides is 1. The van der Waals surface area contributed by atoms with Crippen LogP contribution in [-0.2, 0) is 17.8 Å². The van der Waals surface area contributed by atoms with Crippen LogP contribution in [0, 0.1) is 6.92 Å². The molecule has 0 aliphatic carbocycles. The van der Waals surface area contributed by atoms with Crippen molar-refractivity contribution < 1.29 is 14.9 Å². The summed E-state index contributed by atoms with van der Waals surface area (Å²) in [5.74, 6) is -0.885. The lowest BCUT2D eigenvalue weighted by Crippen LogP contribution is -2.74. The van der Waals surface area contributed by atoms with Crippen molar-refractivity contribution in [1.29, 1.82) is 0 Å². The predicted octanol–water partition coefficient (Wildman–Crippen LogP) is 0.286. The Morgan fingerprint density at radius 2 is 2.00 bits per heavy atom. The molecular weight excluding hydrogens is 278 g/mol. The number of nitrogens with one attached hydrogen (secondary N) is 2. The number of pyridine rings is 1. The Labute approximate surface area is 129 Å². The van der Waals surface area contributed by atoms with Crippen LogP contribution in [0.5, 0.6) is 0 Å². The molecule has 2 aromatic rings. The third-order valence-electron chi connectivity index (χ3n) is 3.19. The molecule has 1 aromatic carbocycles. The Morgan fingerprint density at radius 1 is 1.23 bits per heavy atom. The first-order valence-corrected chi connectivity index (χ1v) is 7.18. The largest absolute Gasteiger partial charge is 0.456 e. The van der Waals surface area contributed by atoms with Crippen LogP contribution in [0.2, 0.25) is 0 Å². The molecule has 3 N–H and O–H groups in total. The van der Waals surface area contributed by atoms with Gasteiger partial charge in [-0.3, -0.25) is 9.78 Å². The first-order chi connectivity index (χ1) is 10.6. The normalized spacial score (nSPS) is 11.2. The number of aliphatic hydroxyl groups excluding tert-OH is 1. The van der Waals surface area contributed by atoms with E-state index in [1.165, 1.54) is 5.56 Å². The third kappa shape index (κ3) is 5.01. The first kappa shape index (κ1) is 15.7. The molecule has 22 heavy (non-hydrogen) atoms. The van der Waals surface area contributed by atoms with E-state index in [1.54, 1.807) is 6.20 Å². The standard InChI is InChI=1S/C17H19N3O2/c1-13-5-7-14(8-6-13)12-20-17(22)16(21)19-11-9-15-4-2-3-10-18-15/h2-8,10H,9,11-12H2,1H3,(H,19,21)(H,20,22)/p+1. The lowest BCUT2D eigenvalue weighted by Gasteiger charge is -2.01. The molecule has 0 fully saturated rings. The van der Waals surface area contributed by atoms with Gasteiger partial charge in [-0.15, -0.1) is 0 Å². The average Bonchev–Trinajstić information content (AvgIpc) is 2.55. The molecule has 5 heteroatoms. The quantitative estimate of drug-likeness (QED) is 0.548. The highest BCUT2D eigenvalue weighted by atomic mass is 16.3. The number of hydrogen-bond donors (Lipinski definition) is 3. The molecule has 0 bridgehead atoms. The molecule has 1 aromatic heterocycles. The Morgan fingerprint density at radius 3 is 2.68 bits per heavy atom. The molecule has 1 heterocycles. The zero-order valence-corrected chi connectivity index (χ0v) is 12.5. The van der Waals surface area contributed by atoms with Crippen LogP contribution in [0.4, 0.5) is 0 Å². The van der Waals surface area contributed by atoms with E-state index in [0.29, 0.717) is 19.5 Å². The van der Waals surface area contributed by atoms with E-state index < -0.39 is 5.91 Å². The second-order valence-electron chi connectivity index (χ2n) is 5.01. The van der Waals surface area contributed by atoms with E-state index in [9.17, 15) is 9.90 Å². The van der Waals surface area contributed by atoms with Gasteiger partial charge in [-0.1, -0.05) is 35.9 Å². The van der Waals surface area contributed by atoms with E-state index in [2.05, 4.69) is 15.3 Å². The molecule has 114 valence electrons. The zero-order valence-electron chi connectivity index (χ0n) is 12.5. The summed E-state index contributed by atoms with van der Waals surface area (Å²) in [7, 11) is 0. The fourth-order valence-corrected chi connectivity index (χ4v) is 1.91. The van der Waals surface area contributed by atoms with Crippen LogP contribution in [0.15, 0.2) is 48.7 Å². The Kier molecular flexibility index (Phi) is 5.65. The third-order valence-corrected chi connectivity index (χ3v) is 3.19. The van der Waals surface area contributed by atoms with Gasteiger partial charge in [0.1, 0.15) is 0 Å². The van der Waals surface area contributed by atoms with Crippen molar-refractivity contribution >= 4 is 11.8 Å². The minimum absolute atomic E-state index is 0.374. The van der Waals surface area contributed by atoms with Crippen molar-refractivity contribution in [3.05, 3.63) is 65.5 Å². The van der Waals surface area contributed by atoms with Crippen molar-refractivity contribution in [3.8, 4) is 0 Å². The molecule has 1 amide bonds. The molecular formula is C17H20N3O2+. The van der Waals surface area contributed by atoms with Gasteiger partial charge in [0.2, 0.25) is 0 Å².